The van der Waals surface area contributed by atoms with Gasteiger partial charge in [0, 0.05) is 5.92 Å². The van der Waals surface area contributed by atoms with Gasteiger partial charge in [-0.05, 0) is 0 Å². The third kappa shape index (κ3) is 7.06. The standard InChI is InChI=1S/C10H20N2O9/c11-8(17)21-12(4-10(19,5-15)6-16)9(18)20-3-7(1-13)2-14/h7,13-16,19H,1-6H2,(H2,11,17). The molecule has 124 valence electrons. The van der Waals surface area contributed by atoms with Crippen molar-refractivity contribution in [1.29, 1.82) is 0 Å². The molecule has 0 aliphatic carbocycles. The fraction of sp³-hybridized carbons (Fsp3) is 0.800. The number of amides is 2. The molecule has 0 heterocycles. The molecule has 0 spiro atoms. The van der Waals surface area contributed by atoms with Crippen LogP contribution in [0.4, 0.5) is 9.59 Å². The predicted octanol–water partition coefficient (Wildman–Crippen LogP) is -3.25. The van der Waals surface area contributed by atoms with E-state index in [2.05, 4.69) is 9.57 Å². The lowest BCUT2D eigenvalue weighted by molar-refractivity contribution is -0.147. The Hall–Kier alpha value is -1.66. The first-order valence-corrected chi connectivity index (χ1v) is 5.89. The van der Waals surface area contributed by atoms with Gasteiger partial charge in [-0.15, -0.1) is 5.06 Å². The molecule has 0 atom stereocenters. The molecule has 7 N–H and O–H groups in total. The molecular formula is C10H20N2O9. The fourth-order valence-electron chi connectivity index (χ4n) is 1.08. The molecule has 0 aliphatic heterocycles. The minimum atomic E-state index is -2.14. The van der Waals surface area contributed by atoms with E-state index >= 15 is 0 Å². The molecule has 0 unspecified atom stereocenters. The van der Waals surface area contributed by atoms with Gasteiger partial charge in [-0.2, -0.15) is 0 Å². The monoisotopic (exact) mass is 312 g/mol. The zero-order chi connectivity index (χ0) is 16.5. The third-order valence-electron chi connectivity index (χ3n) is 2.39. The van der Waals surface area contributed by atoms with Crippen LogP contribution in [0.3, 0.4) is 0 Å². The predicted molar refractivity (Wildman–Crippen MR) is 65.5 cm³/mol. The van der Waals surface area contributed by atoms with Crippen LogP contribution in [-0.2, 0) is 9.57 Å². The van der Waals surface area contributed by atoms with Crippen molar-refractivity contribution in [3.63, 3.8) is 0 Å². The Morgan fingerprint density at radius 1 is 1.14 bits per heavy atom. The zero-order valence-corrected chi connectivity index (χ0v) is 11.2. The number of hydroxylamine groups is 2. The van der Waals surface area contributed by atoms with Crippen LogP contribution in [0, 0.1) is 5.92 Å². The Morgan fingerprint density at radius 3 is 2.05 bits per heavy atom. The minimum Gasteiger partial charge on any atom is -0.447 e. The number of hydrogen-bond acceptors (Lipinski definition) is 9. The summed E-state index contributed by atoms with van der Waals surface area (Å²) in [7, 11) is 0. The summed E-state index contributed by atoms with van der Waals surface area (Å²) >= 11 is 0. The summed E-state index contributed by atoms with van der Waals surface area (Å²) in [6.07, 6.45) is -2.65. The molecule has 11 nitrogen and oxygen atoms in total. The van der Waals surface area contributed by atoms with Gasteiger partial charge < -0.3 is 40.8 Å². The summed E-state index contributed by atoms with van der Waals surface area (Å²) in [6, 6.07) is 0. The molecule has 0 bridgehead atoms. The number of carbonyl (C=O) groups excluding carboxylic acids is 2. The van der Waals surface area contributed by atoms with E-state index in [0.717, 1.165) is 0 Å². The van der Waals surface area contributed by atoms with Gasteiger partial charge in [0.15, 0.2) is 0 Å². The van der Waals surface area contributed by atoms with E-state index in [1.807, 2.05) is 0 Å². The van der Waals surface area contributed by atoms with Crippen LogP contribution in [0.1, 0.15) is 0 Å². The van der Waals surface area contributed by atoms with Crippen molar-refractivity contribution in [2.24, 2.45) is 11.7 Å². The SMILES string of the molecule is NC(=O)ON(CC(O)(CO)CO)C(=O)OCC(CO)CO. The highest BCUT2D eigenvalue weighted by molar-refractivity contribution is 5.71. The van der Waals surface area contributed by atoms with E-state index in [1.165, 1.54) is 0 Å². The second-order valence-corrected chi connectivity index (χ2v) is 4.30. The lowest BCUT2D eigenvalue weighted by atomic mass is 10.1. The molecule has 0 fully saturated rings. The Balaban J connectivity index is 4.73. The Morgan fingerprint density at radius 2 is 1.67 bits per heavy atom. The molecule has 0 aromatic rings. The van der Waals surface area contributed by atoms with Crippen LogP contribution in [0.15, 0.2) is 0 Å². The molecule has 0 aromatic heterocycles. The summed E-state index contributed by atoms with van der Waals surface area (Å²) < 4.78 is 4.64. The van der Waals surface area contributed by atoms with Gasteiger partial charge in [-0.3, -0.25) is 0 Å². The number of nitrogens with two attached hydrogens (primary N) is 1. The summed E-state index contributed by atoms with van der Waals surface area (Å²) in [4.78, 5) is 26.7. The minimum absolute atomic E-state index is 0.209. The molecule has 2 amide bonds. The van der Waals surface area contributed by atoms with E-state index in [0.29, 0.717) is 0 Å². The summed E-state index contributed by atoms with van der Waals surface area (Å²) in [5.74, 6) is -0.737. The molecule has 0 aliphatic rings. The third-order valence-corrected chi connectivity index (χ3v) is 2.39. The lowest BCUT2D eigenvalue weighted by Gasteiger charge is -2.29. The maximum atomic E-state index is 11.7. The second kappa shape index (κ2) is 9.31. The Bertz CT molecular complexity index is 330. The Kier molecular flexibility index (Phi) is 8.57. The molecule has 11 heteroatoms. The number of nitrogens with zero attached hydrogens (tertiary/aromatic N) is 1. The van der Waals surface area contributed by atoms with Gasteiger partial charge in [0.05, 0.1) is 33.0 Å². The largest absolute Gasteiger partial charge is 0.447 e. The summed E-state index contributed by atoms with van der Waals surface area (Å²) in [5.41, 5.74) is 2.61. The normalized spacial score (nSPS) is 11.3. The number of ether oxygens (including phenoxy) is 1. The van der Waals surface area contributed by atoms with Crippen molar-refractivity contribution in [3.8, 4) is 0 Å². The quantitative estimate of drug-likeness (QED) is 0.250. The number of primary amides is 1. The van der Waals surface area contributed by atoms with Gasteiger partial charge >= 0.3 is 12.2 Å². The van der Waals surface area contributed by atoms with E-state index < -0.39 is 56.7 Å². The van der Waals surface area contributed by atoms with E-state index in [9.17, 15) is 14.7 Å². The maximum absolute atomic E-state index is 11.7. The smallest absolute Gasteiger partial charge is 0.443 e. The lowest BCUT2D eigenvalue weighted by Crippen LogP contribution is -2.51. The molecule has 0 radical (unpaired) electrons. The molecule has 21 heavy (non-hydrogen) atoms. The zero-order valence-electron chi connectivity index (χ0n) is 11.2. The highest BCUT2D eigenvalue weighted by Gasteiger charge is 2.33. The molecule has 0 saturated heterocycles. The molecule has 0 saturated carbocycles. The van der Waals surface area contributed by atoms with Crippen molar-refractivity contribution in [1.82, 2.24) is 5.06 Å². The van der Waals surface area contributed by atoms with Gasteiger partial charge in [0.1, 0.15) is 12.2 Å². The van der Waals surface area contributed by atoms with Crippen LogP contribution >= 0.6 is 0 Å². The van der Waals surface area contributed by atoms with Crippen molar-refractivity contribution in [2.45, 2.75) is 5.60 Å². The van der Waals surface area contributed by atoms with E-state index in [-0.39, 0.29) is 11.7 Å². The van der Waals surface area contributed by atoms with Crippen molar-refractivity contribution >= 4 is 12.2 Å². The van der Waals surface area contributed by atoms with Crippen LogP contribution in [0.25, 0.3) is 0 Å². The van der Waals surface area contributed by atoms with E-state index in [4.69, 9.17) is 26.2 Å². The highest BCUT2D eigenvalue weighted by Crippen LogP contribution is 2.09. The van der Waals surface area contributed by atoms with Crippen LogP contribution < -0.4 is 5.73 Å². The number of hydrogen-bond donors (Lipinski definition) is 6. The van der Waals surface area contributed by atoms with Gasteiger partial charge in [-0.1, -0.05) is 0 Å². The molecular weight excluding hydrogens is 292 g/mol. The van der Waals surface area contributed by atoms with Gasteiger partial charge in [0.2, 0.25) is 0 Å². The fourth-order valence-corrected chi connectivity index (χ4v) is 1.08. The number of carbonyl (C=O) groups is 2. The van der Waals surface area contributed by atoms with Crippen LogP contribution in [-0.4, -0.2) is 88.0 Å². The Labute approximate surface area is 120 Å². The summed E-state index contributed by atoms with van der Waals surface area (Å²) in [6.45, 7) is -3.93. The maximum Gasteiger partial charge on any atom is 0.443 e. The first-order valence-electron chi connectivity index (χ1n) is 5.89. The average molecular weight is 312 g/mol. The van der Waals surface area contributed by atoms with Crippen LogP contribution in [0.5, 0.6) is 0 Å². The molecule has 0 aromatic carbocycles. The van der Waals surface area contributed by atoms with Crippen molar-refractivity contribution in [2.75, 3.05) is 39.6 Å². The molecule has 0 rings (SSSR count). The van der Waals surface area contributed by atoms with Crippen LogP contribution in [0.2, 0.25) is 0 Å². The van der Waals surface area contributed by atoms with Gasteiger partial charge in [-0.25, -0.2) is 9.59 Å². The van der Waals surface area contributed by atoms with Crippen molar-refractivity contribution in [3.05, 3.63) is 0 Å². The number of aliphatic hydroxyl groups is 5. The first-order chi connectivity index (χ1) is 9.81. The summed E-state index contributed by atoms with van der Waals surface area (Å²) in [5, 5.41) is 45.3. The van der Waals surface area contributed by atoms with Gasteiger partial charge in [0.25, 0.3) is 0 Å². The van der Waals surface area contributed by atoms with Crippen molar-refractivity contribution < 1.29 is 44.7 Å². The highest BCUT2D eigenvalue weighted by atomic mass is 16.8. The first kappa shape index (κ1) is 19.3. The average Bonchev–Trinajstić information content (AvgIpc) is 2.46. The second-order valence-electron chi connectivity index (χ2n) is 4.30. The van der Waals surface area contributed by atoms with E-state index in [1.54, 1.807) is 0 Å². The topological polar surface area (TPSA) is 183 Å². The number of rotatable bonds is 8. The number of aliphatic hydroxyl groups excluding tert-OH is 4.